The van der Waals surface area contributed by atoms with Crippen molar-refractivity contribution in [1.82, 2.24) is 5.32 Å². The molecule has 1 amide bonds. The molecule has 0 aliphatic rings. The number of ether oxygens (including phenoxy) is 1. The van der Waals surface area contributed by atoms with E-state index in [4.69, 9.17) is 4.74 Å². The summed E-state index contributed by atoms with van der Waals surface area (Å²) in [5, 5.41) is 4.38. The van der Waals surface area contributed by atoms with E-state index in [0.717, 1.165) is 11.1 Å². The van der Waals surface area contributed by atoms with Gasteiger partial charge in [-0.1, -0.05) is 121 Å². The molecule has 30 heavy (non-hydrogen) atoms. The maximum Gasteiger partial charge on any atom is 0.408 e. The largest absolute Gasteiger partial charge is 0.445 e. The molecule has 0 radical (unpaired) electrons. The van der Waals surface area contributed by atoms with Crippen molar-refractivity contribution in [2.75, 3.05) is 0 Å². The van der Waals surface area contributed by atoms with Crippen LogP contribution in [0, 0.1) is 6.92 Å². The molecule has 0 aromatic heterocycles. The van der Waals surface area contributed by atoms with Gasteiger partial charge in [0.1, 0.15) is 14.7 Å². The van der Waals surface area contributed by atoms with Gasteiger partial charge in [-0.2, -0.15) is 0 Å². The van der Waals surface area contributed by atoms with E-state index in [9.17, 15) is 4.79 Å². The van der Waals surface area contributed by atoms with Crippen molar-refractivity contribution in [3.05, 3.63) is 113 Å². The van der Waals surface area contributed by atoms with Gasteiger partial charge in [0.25, 0.3) is 0 Å². The second-order valence-corrected chi connectivity index (χ2v) is 12.4. The molecule has 0 bridgehead atoms. The number of nitrogens with one attached hydrogen (secondary N) is 1. The van der Waals surface area contributed by atoms with Crippen LogP contribution in [-0.4, -0.2) is 14.2 Å². The van der Waals surface area contributed by atoms with Gasteiger partial charge < -0.3 is 10.1 Å². The normalized spacial score (nSPS) is 12.5. The number of carbonyl (C=O) groups is 1. The number of aryl methyl sites for hydroxylation is 1. The number of benzene rings is 3. The molecule has 0 aliphatic heterocycles. The first kappa shape index (κ1) is 21.6. The minimum atomic E-state index is -1.78. The smallest absolute Gasteiger partial charge is 0.408 e. The summed E-state index contributed by atoms with van der Waals surface area (Å²) >= 11 is 0. The van der Waals surface area contributed by atoms with Crippen molar-refractivity contribution < 1.29 is 9.53 Å². The Kier molecular flexibility index (Phi) is 7.25. The lowest BCUT2D eigenvalue weighted by atomic mass is 10.1. The van der Waals surface area contributed by atoms with Crippen LogP contribution < -0.4 is 10.5 Å². The van der Waals surface area contributed by atoms with E-state index in [2.05, 4.69) is 85.6 Å². The van der Waals surface area contributed by atoms with E-state index in [1.807, 2.05) is 36.4 Å². The molecule has 0 saturated carbocycles. The van der Waals surface area contributed by atoms with Crippen molar-refractivity contribution in [1.29, 1.82) is 0 Å². The molecule has 3 rings (SSSR count). The van der Waals surface area contributed by atoms with Crippen LogP contribution in [0.25, 0.3) is 0 Å². The molecule has 0 heterocycles. The topological polar surface area (TPSA) is 38.3 Å². The predicted octanol–water partition coefficient (Wildman–Crippen LogP) is 5.67. The van der Waals surface area contributed by atoms with Crippen LogP contribution in [0.1, 0.15) is 22.7 Å². The van der Waals surface area contributed by atoms with Gasteiger partial charge in [0.05, 0.1) is 6.04 Å². The Bertz CT molecular complexity index is 967. The van der Waals surface area contributed by atoms with Gasteiger partial charge in [0.2, 0.25) is 0 Å². The summed E-state index contributed by atoms with van der Waals surface area (Å²) in [5.41, 5.74) is 5.47. The zero-order chi connectivity index (χ0) is 21.4. The summed E-state index contributed by atoms with van der Waals surface area (Å²) in [7, 11) is -1.78. The fraction of sp³-hybridized carbons (Fsp3) is 0.192. The Balaban J connectivity index is 1.75. The molecule has 3 aromatic rings. The monoisotopic (exact) mass is 415 g/mol. The third-order valence-electron chi connectivity index (χ3n) is 5.15. The molecule has 1 N–H and O–H groups in total. The number of hydrogen-bond acceptors (Lipinski definition) is 2. The SMILES string of the molecule is Cc1ccc(C(/C=C/[Si](C)(C)c2ccccc2)NC(=O)OCc2ccccc2)cc1. The lowest BCUT2D eigenvalue weighted by molar-refractivity contribution is 0.137. The Morgan fingerprint density at radius 3 is 2.17 bits per heavy atom. The van der Waals surface area contributed by atoms with Gasteiger partial charge >= 0.3 is 6.09 Å². The Morgan fingerprint density at radius 1 is 0.933 bits per heavy atom. The summed E-state index contributed by atoms with van der Waals surface area (Å²) in [6, 6.07) is 28.2. The molecular weight excluding hydrogens is 386 g/mol. The quantitative estimate of drug-likeness (QED) is 0.505. The molecule has 1 unspecified atom stereocenters. The molecule has 1 atom stereocenters. The van der Waals surface area contributed by atoms with Gasteiger partial charge in [0.15, 0.2) is 0 Å². The van der Waals surface area contributed by atoms with Crippen LogP contribution in [0.3, 0.4) is 0 Å². The van der Waals surface area contributed by atoms with Gasteiger partial charge in [-0.25, -0.2) is 4.79 Å². The van der Waals surface area contributed by atoms with Crippen molar-refractivity contribution in [3.8, 4) is 0 Å². The first-order valence-electron chi connectivity index (χ1n) is 10.2. The van der Waals surface area contributed by atoms with Crippen molar-refractivity contribution in [2.24, 2.45) is 0 Å². The van der Waals surface area contributed by atoms with Crippen LogP contribution in [0.5, 0.6) is 0 Å². The molecule has 4 heteroatoms. The van der Waals surface area contributed by atoms with Gasteiger partial charge in [0, 0.05) is 0 Å². The minimum Gasteiger partial charge on any atom is -0.445 e. The van der Waals surface area contributed by atoms with Crippen molar-refractivity contribution in [2.45, 2.75) is 32.7 Å². The van der Waals surface area contributed by atoms with Crippen LogP contribution in [0.4, 0.5) is 4.79 Å². The summed E-state index contributed by atoms with van der Waals surface area (Å²) in [6.07, 6.45) is 1.68. The highest BCUT2D eigenvalue weighted by atomic mass is 28.3. The molecule has 0 aliphatic carbocycles. The number of alkyl carbamates (subject to hydrolysis) is 1. The standard InChI is InChI=1S/C26H29NO2Si/c1-21-14-16-23(17-15-21)25(18-19-30(2,3)24-12-8-5-9-13-24)27-26(28)29-20-22-10-6-4-7-11-22/h4-19,25H,20H2,1-3H3,(H,27,28)/b19-18+. The van der Waals surface area contributed by atoms with E-state index in [0.29, 0.717) is 0 Å². The summed E-state index contributed by atoms with van der Waals surface area (Å²) in [6.45, 7) is 6.92. The molecule has 3 nitrogen and oxygen atoms in total. The molecule has 3 aromatic carbocycles. The number of amides is 1. The third-order valence-corrected chi connectivity index (χ3v) is 7.99. The zero-order valence-electron chi connectivity index (χ0n) is 17.8. The maximum absolute atomic E-state index is 12.5. The maximum atomic E-state index is 12.5. The minimum absolute atomic E-state index is 0.246. The van der Waals surface area contributed by atoms with Gasteiger partial charge in [-0.15, -0.1) is 0 Å². The molecule has 0 fully saturated rings. The molecule has 154 valence electrons. The van der Waals surface area contributed by atoms with Crippen LogP contribution >= 0.6 is 0 Å². The predicted molar refractivity (Wildman–Crippen MR) is 126 cm³/mol. The number of carbonyl (C=O) groups excluding carboxylic acids is 1. The fourth-order valence-corrected chi connectivity index (χ4v) is 5.13. The van der Waals surface area contributed by atoms with Crippen LogP contribution in [0.15, 0.2) is 96.7 Å². The molecule has 0 spiro atoms. The Morgan fingerprint density at radius 2 is 1.53 bits per heavy atom. The van der Waals surface area contributed by atoms with Gasteiger partial charge in [-0.3, -0.25) is 0 Å². The van der Waals surface area contributed by atoms with Crippen molar-refractivity contribution in [3.63, 3.8) is 0 Å². The van der Waals surface area contributed by atoms with E-state index >= 15 is 0 Å². The van der Waals surface area contributed by atoms with Crippen LogP contribution in [0.2, 0.25) is 13.1 Å². The zero-order valence-corrected chi connectivity index (χ0v) is 18.8. The third kappa shape index (κ3) is 6.19. The second kappa shape index (κ2) is 10.1. The lowest BCUT2D eigenvalue weighted by Gasteiger charge is -2.21. The van der Waals surface area contributed by atoms with Crippen molar-refractivity contribution >= 4 is 19.4 Å². The highest BCUT2D eigenvalue weighted by Gasteiger charge is 2.21. The second-order valence-electron chi connectivity index (χ2n) is 8.04. The lowest BCUT2D eigenvalue weighted by Crippen LogP contribution is -2.39. The highest BCUT2D eigenvalue weighted by Crippen LogP contribution is 2.18. The Labute approximate surface area is 180 Å². The average molecular weight is 416 g/mol. The van der Waals surface area contributed by atoms with Crippen LogP contribution in [-0.2, 0) is 11.3 Å². The summed E-state index contributed by atoms with van der Waals surface area (Å²) < 4.78 is 5.45. The fourth-order valence-electron chi connectivity index (χ4n) is 3.21. The highest BCUT2D eigenvalue weighted by molar-refractivity contribution is 6.93. The van der Waals surface area contributed by atoms with E-state index in [1.165, 1.54) is 10.8 Å². The number of hydrogen-bond donors (Lipinski definition) is 1. The van der Waals surface area contributed by atoms with E-state index in [1.54, 1.807) is 0 Å². The summed E-state index contributed by atoms with van der Waals surface area (Å²) in [4.78, 5) is 12.5. The van der Waals surface area contributed by atoms with E-state index in [-0.39, 0.29) is 12.6 Å². The van der Waals surface area contributed by atoms with E-state index < -0.39 is 14.2 Å². The van der Waals surface area contributed by atoms with Gasteiger partial charge in [-0.05, 0) is 18.1 Å². The first-order valence-corrected chi connectivity index (χ1v) is 13.3. The summed E-state index contributed by atoms with van der Waals surface area (Å²) in [5.74, 6) is 0. The average Bonchev–Trinajstić information content (AvgIpc) is 2.77. The molecular formula is C26H29NO2Si. The number of rotatable bonds is 7. The first-order chi connectivity index (χ1) is 14.4. The molecule has 0 saturated heterocycles. The Hall–Kier alpha value is -3.11.